The third-order valence-corrected chi connectivity index (χ3v) is 4.10. The van der Waals surface area contributed by atoms with E-state index in [-0.39, 0.29) is 0 Å². The Labute approximate surface area is 118 Å². The lowest BCUT2D eigenvalue weighted by molar-refractivity contribution is 0.322. The normalized spacial score (nSPS) is 18.3. The molecule has 0 bridgehead atoms. The fourth-order valence-electron chi connectivity index (χ4n) is 3.00. The molecule has 0 amide bonds. The standard InChI is InChI=1S/C16H29N3/c1-4-17-16(14(2)3)15-7-10-19(13-15)12-11-18-8-5-6-9-18/h7,10,13-14,16-17H,4-6,8-9,11-12H2,1-3H3. The van der Waals surface area contributed by atoms with Crippen molar-refractivity contribution in [3.63, 3.8) is 0 Å². The Bertz CT molecular complexity index is 364. The van der Waals surface area contributed by atoms with Crippen molar-refractivity contribution in [3.05, 3.63) is 24.0 Å². The number of hydrogen-bond acceptors (Lipinski definition) is 2. The molecule has 0 spiro atoms. The fourth-order valence-corrected chi connectivity index (χ4v) is 3.00. The molecule has 3 heteroatoms. The zero-order valence-corrected chi connectivity index (χ0v) is 12.7. The molecule has 1 aliphatic heterocycles. The van der Waals surface area contributed by atoms with E-state index in [0.29, 0.717) is 12.0 Å². The van der Waals surface area contributed by atoms with Crippen molar-refractivity contribution in [1.29, 1.82) is 0 Å². The molecule has 1 unspecified atom stereocenters. The van der Waals surface area contributed by atoms with Gasteiger partial charge in [0, 0.05) is 31.5 Å². The van der Waals surface area contributed by atoms with Gasteiger partial charge in [0.15, 0.2) is 0 Å². The van der Waals surface area contributed by atoms with Gasteiger partial charge in [0.1, 0.15) is 0 Å². The van der Waals surface area contributed by atoms with Crippen LogP contribution in [-0.4, -0.2) is 35.6 Å². The summed E-state index contributed by atoms with van der Waals surface area (Å²) in [5.41, 5.74) is 1.43. The van der Waals surface area contributed by atoms with Crippen LogP contribution in [0.25, 0.3) is 0 Å². The minimum atomic E-state index is 0.484. The van der Waals surface area contributed by atoms with Crippen LogP contribution >= 0.6 is 0 Å². The highest BCUT2D eigenvalue weighted by Crippen LogP contribution is 2.21. The van der Waals surface area contributed by atoms with Gasteiger partial charge in [-0.25, -0.2) is 0 Å². The maximum Gasteiger partial charge on any atom is 0.0358 e. The van der Waals surface area contributed by atoms with Crippen LogP contribution in [0.5, 0.6) is 0 Å². The van der Waals surface area contributed by atoms with Crippen molar-refractivity contribution < 1.29 is 0 Å². The van der Waals surface area contributed by atoms with E-state index < -0.39 is 0 Å². The van der Waals surface area contributed by atoms with Crippen LogP contribution in [-0.2, 0) is 6.54 Å². The molecule has 0 radical (unpaired) electrons. The third-order valence-electron chi connectivity index (χ3n) is 4.10. The molecule has 0 saturated carbocycles. The van der Waals surface area contributed by atoms with Crippen LogP contribution in [0.1, 0.15) is 45.2 Å². The van der Waals surface area contributed by atoms with Crippen LogP contribution in [0.3, 0.4) is 0 Å². The van der Waals surface area contributed by atoms with Crippen LogP contribution < -0.4 is 5.32 Å². The average molecular weight is 263 g/mol. The molecule has 0 aromatic carbocycles. The zero-order valence-electron chi connectivity index (χ0n) is 12.7. The van der Waals surface area contributed by atoms with Crippen molar-refractivity contribution in [2.75, 3.05) is 26.2 Å². The summed E-state index contributed by atoms with van der Waals surface area (Å²) in [6.07, 6.45) is 7.32. The summed E-state index contributed by atoms with van der Waals surface area (Å²) < 4.78 is 2.35. The molecule has 1 aromatic heterocycles. The molecule has 1 saturated heterocycles. The monoisotopic (exact) mass is 263 g/mol. The number of nitrogens with zero attached hydrogens (tertiary/aromatic N) is 2. The molecule has 2 rings (SSSR count). The SMILES string of the molecule is CCNC(c1ccn(CCN2CCCC2)c1)C(C)C. The van der Waals surface area contributed by atoms with E-state index in [0.717, 1.165) is 13.1 Å². The molecule has 1 atom stereocenters. The molecule has 3 nitrogen and oxygen atoms in total. The van der Waals surface area contributed by atoms with Gasteiger partial charge >= 0.3 is 0 Å². The summed E-state index contributed by atoms with van der Waals surface area (Å²) in [5.74, 6) is 0.634. The van der Waals surface area contributed by atoms with E-state index in [2.05, 4.69) is 54.0 Å². The van der Waals surface area contributed by atoms with Crippen molar-refractivity contribution >= 4 is 0 Å². The van der Waals surface area contributed by atoms with Gasteiger partial charge in [-0.2, -0.15) is 0 Å². The van der Waals surface area contributed by atoms with Gasteiger partial charge < -0.3 is 14.8 Å². The lowest BCUT2D eigenvalue weighted by Crippen LogP contribution is -2.25. The smallest absolute Gasteiger partial charge is 0.0358 e. The van der Waals surface area contributed by atoms with Gasteiger partial charge in [0.2, 0.25) is 0 Å². The van der Waals surface area contributed by atoms with Crippen LogP contribution in [0.15, 0.2) is 18.5 Å². The molecule has 0 aliphatic carbocycles. The van der Waals surface area contributed by atoms with Crippen LogP contribution in [0, 0.1) is 5.92 Å². The van der Waals surface area contributed by atoms with Crippen molar-refractivity contribution in [2.24, 2.45) is 5.92 Å². The van der Waals surface area contributed by atoms with Gasteiger partial charge in [0.25, 0.3) is 0 Å². The van der Waals surface area contributed by atoms with E-state index in [4.69, 9.17) is 0 Å². The van der Waals surface area contributed by atoms with E-state index in [1.54, 1.807) is 0 Å². The second kappa shape index (κ2) is 7.11. The van der Waals surface area contributed by atoms with E-state index in [9.17, 15) is 0 Å². The lowest BCUT2D eigenvalue weighted by Gasteiger charge is -2.20. The molecule has 2 heterocycles. The summed E-state index contributed by atoms with van der Waals surface area (Å²) in [4.78, 5) is 2.57. The summed E-state index contributed by atoms with van der Waals surface area (Å²) in [6, 6.07) is 2.76. The molecule has 108 valence electrons. The van der Waals surface area contributed by atoms with Crippen LogP contribution in [0.2, 0.25) is 0 Å². The predicted octanol–water partition coefficient (Wildman–Crippen LogP) is 2.89. The Hall–Kier alpha value is -0.800. The Morgan fingerprint density at radius 2 is 1.95 bits per heavy atom. The van der Waals surface area contributed by atoms with Gasteiger partial charge in [-0.15, -0.1) is 0 Å². The Morgan fingerprint density at radius 1 is 1.21 bits per heavy atom. The summed E-state index contributed by atoms with van der Waals surface area (Å²) in [6.45, 7) is 12.7. The summed E-state index contributed by atoms with van der Waals surface area (Å²) in [5, 5.41) is 3.59. The van der Waals surface area contributed by atoms with Crippen molar-refractivity contribution in [1.82, 2.24) is 14.8 Å². The molecule has 1 fully saturated rings. The quantitative estimate of drug-likeness (QED) is 0.816. The van der Waals surface area contributed by atoms with Crippen LogP contribution in [0.4, 0.5) is 0 Å². The highest BCUT2D eigenvalue weighted by Gasteiger charge is 2.16. The molecule has 1 aromatic rings. The highest BCUT2D eigenvalue weighted by molar-refractivity contribution is 5.16. The topological polar surface area (TPSA) is 20.2 Å². The first-order valence-corrected chi connectivity index (χ1v) is 7.82. The predicted molar refractivity (Wildman–Crippen MR) is 81.4 cm³/mol. The third kappa shape index (κ3) is 4.08. The number of nitrogens with one attached hydrogen (secondary N) is 1. The first kappa shape index (κ1) is 14.6. The lowest BCUT2D eigenvalue weighted by atomic mass is 9.98. The number of hydrogen-bond donors (Lipinski definition) is 1. The second-order valence-corrected chi connectivity index (χ2v) is 6.01. The van der Waals surface area contributed by atoms with Gasteiger partial charge in [0.05, 0.1) is 0 Å². The average Bonchev–Trinajstić information content (AvgIpc) is 3.04. The molecule has 19 heavy (non-hydrogen) atoms. The first-order chi connectivity index (χ1) is 9.20. The van der Waals surface area contributed by atoms with Gasteiger partial charge in [-0.1, -0.05) is 20.8 Å². The fraction of sp³-hybridized carbons (Fsp3) is 0.750. The molecule has 1 N–H and O–H groups in total. The largest absolute Gasteiger partial charge is 0.353 e. The Kier molecular flexibility index (Phi) is 5.46. The Balaban J connectivity index is 1.89. The Morgan fingerprint density at radius 3 is 2.58 bits per heavy atom. The summed E-state index contributed by atoms with van der Waals surface area (Å²) in [7, 11) is 0. The molecular formula is C16H29N3. The summed E-state index contributed by atoms with van der Waals surface area (Å²) >= 11 is 0. The number of aromatic nitrogens is 1. The van der Waals surface area contributed by atoms with Gasteiger partial charge in [-0.3, -0.25) is 0 Å². The molecular weight excluding hydrogens is 234 g/mol. The zero-order chi connectivity index (χ0) is 13.7. The minimum absolute atomic E-state index is 0.484. The van der Waals surface area contributed by atoms with Gasteiger partial charge in [-0.05, 0) is 50.0 Å². The second-order valence-electron chi connectivity index (χ2n) is 6.01. The van der Waals surface area contributed by atoms with E-state index in [1.165, 1.54) is 38.0 Å². The maximum atomic E-state index is 3.59. The first-order valence-electron chi connectivity index (χ1n) is 7.82. The van der Waals surface area contributed by atoms with Crippen molar-refractivity contribution in [2.45, 2.75) is 46.2 Å². The number of rotatable bonds is 7. The van der Waals surface area contributed by atoms with Crippen molar-refractivity contribution in [3.8, 4) is 0 Å². The van der Waals surface area contributed by atoms with E-state index >= 15 is 0 Å². The minimum Gasteiger partial charge on any atom is -0.353 e. The van der Waals surface area contributed by atoms with E-state index in [1.807, 2.05) is 0 Å². The maximum absolute atomic E-state index is 3.59. The molecule has 1 aliphatic rings. The number of likely N-dealkylation sites (tertiary alicyclic amines) is 1. The highest BCUT2D eigenvalue weighted by atomic mass is 15.2.